The minimum Gasteiger partial charge on any atom is -0.464 e. The second-order valence-corrected chi connectivity index (χ2v) is 7.43. The Labute approximate surface area is 161 Å². The zero-order chi connectivity index (χ0) is 19.6. The fourth-order valence-electron chi connectivity index (χ4n) is 4.29. The van der Waals surface area contributed by atoms with Crippen LogP contribution in [0.1, 0.15) is 48.9 Å². The first-order valence-corrected chi connectivity index (χ1v) is 9.45. The van der Waals surface area contributed by atoms with E-state index in [0.29, 0.717) is 18.7 Å². The number of hydrogen-bond acceptors (Lipinski definition) is 6. The predicted octanol–water partition coefficient (Wildman–Crippen LogP) is 2.91. The predicted molar refractivity (Wildman–Crippen MR) is 98.8 cm³/mol. The van der Waals surface area contributed by atoms with Gasteiger partial charge in [-0.1, -0.05) is 24.4 Å². The number of benzene rings is 1. The molecule has 0 radical (unpaired) electrons. The summed E-state index contributed by atoms with van der Waals surface area (Å²) in [5, 5.41) is 10.9. The van der Waals surface area contributed by atoms with Crippen LogP contribution in [0.5, 0.6) is 5.75 Å². The topological polar surface area (TPSA) is 116 Å². The van der Waals surface area contributed by atoms with E-state index in [0.717, 1.165) is 38.2 Å². The number of hydrogen-bond donors (Lipinski definition) is 1. The van der Waals surface area contributed by atoms with Crippen LogP contribution < -0.4 is 10.5 Å². The lowest BCUT2D eigenvalue weighted by Gasteiger charge is -2.46. The molecule has 1 heterocycles. The number of amides is 1. The fraction of sp³-hybridized carbons (Fsp3) is 0.556. The second kappa shape index (κ2) is 8.22. The van der Waals surface area contributed by atoms with Crippen molar-refractivity contribution in [3.8, 4) is 5.75 Å². The Morgan fingerprint density at radius 2 is 2.04 bits per heavy atom. The minimum atomic E-state index is -1.03. The molecule has 1 saturated carbocycles. The Hall–Kier alpha value is -2.19. The number of nitrogens with zero attached hydrogens (tertiary/aromatic N) is 2. The third-order valence-electron chi connectivity index (χ3n) is 5.51. The number of ether oxygens (including phenoxy) is 1. The van der Waals surface area contributed by atoms with Crippen LogP contribution in [0.3, 0.4) is 0 Å². The molecule has 2 aliphatic rings. The third-order valence-corrected chi connectivity index (χ3v) is 5.90. The molecule has 3 rings (SSSR count). The molecule has 0 aromatic heterocycles. The zero-order valence-electron chi connectivity index (χ0n) is 14.8. The molecule has 1 aromatic rings. The highest BCUT2D eigenvalue weighted by molar-refractivity contribution is 6.35. The molecule has 2 N–H and O–H groups in total. The van der Waals surface area contributed by atoms with Crippen LogP contribution in [0.4, 0.5) is 5.69 Å². The van der Waals surface area contributed by atoms with Crippen LogP contribution in [0.15, 0.2) is 12.1 Å². The van der Waals surface area contributed by atoms with E-state index < -0.39 is 22.7 Å². The van der Waals surface area contributed by atoms with Crippen LogP contribution in [-0.2, 0) is 4.79 Å². The number of nitrogens with two attached hydrogens (primary N) is 1. The second-order valence-electron chi connectivity index (χ2n) is 7.05. The Bertz CT molecular complexity index is 755. The van der Waals surface area contributed by atoms with Gasteiger partial charge in [-0.25, -0.2) is 0 Å². The first-order valence-electron chi connectivity index (χ1n) is 9.07. The van der Waals surface area contributed by atoms with Gasteiger partial charge in [0.25, 0.3) is 11.6 Å². The molecule has 9 heteroatoms. The van der Waals surface area contributed by atoms with Crippen LogP contribution >= 0.6 is 11.6 Å². The van der Waals surface area contributed by atoms with E-state index in [1.165, 1.54) is 12.5 Å². The van der Waals surface area contributed by atoms with Gasteiger partial charge in [-0.3, -0.25) is 24.6 Å². The van der Waals surface area contributed by atoms with Gasteiger partial charge in [0.15, 0.2) is 6.29 Å². The average molecular weight is 396 g/mol. The van der Waals surface area contributed by atoms with E-state index >= 15 is 0 Å². The average Bonchev–Trinajstić information content (AvgIpc) is 2.66. The molecule has 0 bridgehead atoms. The Morgan fingerprint density at radius 3 is 2.70 bits per heavy atom. The number of nitro benzene ring substituents is 1. The van der Waals surface area contributed by atoms with Gasteiger partial charge in [0.1, 0.15) is 16.3 Å². The number of likely N-dealkylation sites (tertiary alicyclic amines) is 1. The third kappa shape index (κ3) is 3.91. The molecule has 146 valence electrons. The van der Waals surface area contributed by atoms with Gasteiger partial charge in [0.2, 0.25) is 6.23 Å². The number of primary amides is 1. The van der Waals surface area contributed by atoms with Gasteiger partial charge in [0.05, 0.1) is 4.92 Å². The maximum Gasteiger partial charge on any atom is 0.281 e. The van der Waals surface area contributed by atoms with E-state index in [1.54, 1.807) is 0 Å². The van der Waals surface area contributed by atoms with Crippen LogP contribution in [0.25, 0.3) is 0 Å². The van der Waals surface area contributed by atoms with Crippen molar-refractivity contribution < 1.29 is 19.2 Å². The summed E-state index contributed by atoms with van der Waals surface area (Å²) < 4.78 is 5.81. The van der Waals surface area contributed by atoms with Crippen molar-refractivity contribution in [1.29, 1.82) is 0 Å². The van der Waals surface area contributed by atoms with Gasteiger partial charge in [-0.15, -0.1) is 0 Å². The summed E-state index contributed by atoms with van der Waals surface area (Å²) in [4.78, 5) is 35.8. The van der Waals surface area contributed by atoms with Gasteiger partial charge >= 0.3 is 0 Å². The van der Waals surface area contributed by atoms with Crippen molar-refractivity contribution in [2.45, 2.75) is 50.8 Å². The van der Waals surface area contributed by atoms with Crippen molar-refractivity contribution in [3.05, 3.63) is 32.8 Å². The summed E-state index contributed by atoms with van der Waals surface area (Å²) >= 11 is 6.15. The van der Waals surface area contributed by atoms with E-state index in [1.807, 2.05) is 4.90 Å². The highest BCUT2D eigenvalue weighted by atomic mass is 35.5. The maximum absolute atomic E-state index is 12.2. The standard InChI is InChI=1S/C18H22ClN3O5/c19-16-12(10-23)14(22(25)26)7-8-15(16)27-18(17(20)24)21-9-3-5-11-4-1-2-6-13(11)21/h7-8,10-11,13,18H,1-6,9H2,(H2,20,24). The molecular weight excluding hydrogens is 374 g/mol. The molecule has 1 saturated heterocycles. The SMILES string of the molecule is NC(=O)C(Oc1ccc([N+](=O)[O-])c(C=O)c1Cl)N1CCCC2CCCCC21. The molecule has 0 spiro atoms. The lowest BCUT2D eigenvalue weighted by atomic mass is 9.78. The number of fused-ring (bicyclic) bond motifs is 1. The number of piperidine rings is 1. The molecule has 3 atom stereocenters. The smallest absolute Gasteiger partial charge is 0.281 e. The largest absolute Gasteiger partial charge is 0.464 e. The minimum absolute atomic E-state index is 0.0334. The summed E-state index contributed by atoms with van der Waals surface area (Å²) in [6.45, 7) is 0.680. The molecule has 1 amide bonds. The molecule has 1 aliphatic carbocycles. The van der Waals surface area contributed by atoms with Crippen LogP contribution in [0, 0.1) is 16.0 Å². The van der Waals surface area contributed by atoms with Crippen molar-refractivity contribution in [2.24, 2.45) is 11.7 Å². The monoisotopic (exact) mass is 395 g/mol. The van der Waals surface area contributed by atoms with Gasteiger partial charge in [0, 0.05) is 18.7 Å². The Balaban J connectivity index is 1.90. The zero-order valence-corrected chi connectivity index (χ0v) is 15.6. The quantitative estimate of drug-likeness (QED) is 0.449. The van der Waals surface area contributed by atoms with Crippen molar-refractivity contribution >= 4 is 29.5 Å². The number of rotatable bonds is 6. The maximum atomic E-state index is 12.2. The molecule has 3 unspecified atom stereocenters. The first-order chi connectivity index (χ1) is 12.9. The molecular formula is C18H22ClN3O5. The van der Waals surface area contributed by atoms with Crippen LogP contribution in [-0.4, -0.2) is 40.8 Å². The molecule has 2 fully saturated rings. The Morgan fingerprint density at radius 1 is 1.33 bits per heavy atom. The highest BCUT2D eigenvalue weighted by Gasteiger charge is 2.40. The van der Waals surface area contributed by atoms with Gasteiger partial charge in [-0.2, -0.15) is 0 Å². The van der Waals surface area contributed by atoms with Crippen molar-refractivity contribution in [3.63, 3.8) is 0 Å². The van der Waals surface area contributed by atoms with Gasteiger partial charge in [-0.05, 0) is 37.7 Å². The normalized spacial score (nSPS) is 23.9. The fourth-order valence-corrected chi connectivity index (χ4v) is 4.54. The van der Waals surface area contributed by atoms with Crippen molar-refractivity contribution in [1.82, 2.24) is 4.90 Å². The summed E-state index contributed by atoms with van der Waals surface area (Å²) in [7, 11) is 0. The summed E-state index contributed by atoms with van der Waals surface area (Å²) in [6.07, 6.45) is 5.73. The van der Waals surface area contributed by atoms with Gasteiger partial charge < -0.3 is 10.5 Å². The summed E-state index contributed by atoms with van der Waals surface area (Å²) in [6, 6.07) is 2.65. The highest BCUT2D eigenvalue weighted by Crippen LogP contribution is 2.38. The molecule has 1 aromatic carbocycles. The molecule has 8 nitrogen and oxygen atoms in total. The number of nitro groups is 1. The molecule has 1 aliphatic heterocycles. The van der Waals surface area contributed by atoms with E-state index in [-0.39, 0.29) is 22.4 Å². The lowest BCUT2D eigenvalue weighted by Crippen LogP contribution is -2.57. The molecule has 27 heavy (non-hydrogen) atoms. The van der Waals surface area contributed by atoms with Crippen molar-refractivity contribution in [2.75, 3.05) is 6.54 Å². The van der Waals surface area contributed by atoms with Crippen LogP contribution in [0.2, 0.25) is 5.02 Å². The Kier molecular flexibility index (Phi) is 5.96. The summed E-state index contributed by atoms with van der Waals surface area (Å²) in [5.41, 5.74) is 4.91. The lowest BCUT2D eigenvalue weighted by molar-refractivity contribution is -0.385. The number of carbonyl (C=O) groups is 2. The summed E-state index contributed by atoms with van der Waals surface area (Å²) in [5.74, 6) is -0.106. The number of carbonyl (C=O) groups excluding carboxylic acids is 2. The van der Waals surface area contributed by atoms with E-state index in [4.69, 9.17) is 22.1 Å². The number of aldehydes is 1. The number of halogens is 1. The van der Waals surface area contributed by atoms with E-state index in [2.05, 4.69) is 0 Å². The first kappa shape index (κ1) is 19.6. The van der Waals surface area contributed by atoms with E-state index in [9.17, 15) is 19.7 Å².